The summed E-state index contributed by atoms with van der Waals surface area (Å²) in [5.41, 5.74) is 8.34. The quantitative estimate of drug-likeness (QED) is 0.354. The lowest BCUT2D eigenvalue weighted by molar-refractivity contribution is -0.991. The molecule has 0 saturated heterocycles. The number of aryl methyl sites for hydroxylation is 1. The number of hydrogen-bond acceptors (Lipinski definition) is 5. The number of nitrogens with one attached hydrogen (secondary N) is 1. The van der Waals surface area contributed by atoms with Gasteiger partial charge in [-0.15, -0.1) is 0 Å². The van der Waals surface area contributed by atoms with Gasteiger partial charge in [-0.05, 0) is 59.3 Å². The van der Waals surface area contributed by atoms with Crippen LogP contribution >= 0.6 is 23.2 Å². The minimum atomic E-state index is -1.12. The van der Waals surface area contributed by atoms with E-state index in [4.69, 9.17) is 33.7 Å². The van der Waals surface area contributed by atoms with E-state index in [0.717, 1.165) is 5.56 Å². The van der Waals surface area contributed by atoms with Crippen molar-refractivity contribution in [1.82, 2.24) is 4.57 Å². The third-order valence-corrected chi connectivity index (χ3v) is 5.90. The third kappa shape index (κ3) is 4.68. The van der Waals surface area contributed by atoms with E-state index in [1.54, 1.807) is 31.4 Å². The van der Waals surface area contributed by atoms with Gasteiger partial charge in [-0.25, -0.2) is 5.21 Å². The zero-order valence-corrected chi connectivity index (χ0v) is 19.2. The van der Waals surface area contributed by atoms with Crippen molar-refractivity contribution in [2.75, 3.05) is 12.8 Å². The van der Waals surface area contributed by atoms with Gasteiger partial charge >= 0.3 is 0 Å². The fourth-order valence-electron chi connectivity index (χ4n) is 3.89. The fourth-order valence-corrected chi connectivity index (χ4v) is 4.42. The lowest BCUT2D eigenvalue weighted by Gasteiger charge is -2.19. The zero-order chi connectivity index (χ0) is 23.7. The number of quaternary nitrogens is 1. The predicted octanol–water partition coefficient (Wildman–Crippen LogP) is 4.21. The molecule has 3 aromatic carbocycles. The van der Waals surface area contributed by atoms with Crippen LogP contribution in [0.5, 0.6) is 5.75 Å². The molecule has 0 saturated carbocycles. The average Bonchev–Trinajstić information content (AvgIpc) is 2.78. The maximum atomic E-state index is 13.4. The summed E-state index contributed by atoms with van der Waals surface area (Å²) in [6, 6.07) is 17.0. The van der Waals surface area contributed by atoms with Crippen molar-refractivity contribution in [2.45, 2.75) is 13.0 Å². The predicted molar refractivity (Wildman–Crippen MR) is 131 cm³/mol. The Kier molecular flexibility index (Phi) is 6.60. The summed E-state index contributed by atoms with van der Waals surface area (Å²) in [6.45, 7) is 0.284. The lowest BCUT2D eigenvalue weighted by Crippen LogP contribution is -2.99. The van der Waals surface area contributed by atoms with E-state index < -0.39 is 5.23 Å². The molecule has 0 bridgehead atoms. The smallest absolute Gasteiger partial charge is 0.260 e. The molecule has 4 rings (SSSR count). The highest BCUT2D eigenvalue weighted by Crippen LogP contribution is 2.36. The van der Waals surface area contributed by atoms with E-state index in [1.807, 2.05) is 24.3 Å². The summed E-state index contributed by atoms with van der Waals surface area (Å²) in [5.74, 6) is 0.962. The first-order chi connectivity index (χ1) is 15.8. The van der Waals surface area contributed by atoms with Crippen LogP contribution in [-0.2, 0) is 13.0 Å². The Labute approximate surface area is 199 Å². The maximum Gasteiger partial charge on any atom is 0.260 e. The minimum Gasteiger partial charge on any atom is -0.595 e. The number of fused-ring (bicyclic) bond motifs is 1. The highest BCUT2D eigenvalue weighted by Gasteiger charge is 2.19. The molecule has 0 aliphatic heterocycles. The van der Waals surface area contributed by atoms with Crippen molar-refractivity contribution in [3.8, 4) is 16.9 Å². The molecule has 0 fully saturated rings. The van der Waals surface area contributed by atoms with Crippen molar-refractivity contribution in [3.05, 3.63) is 91.8 Å². The van der Waals surface area contributed by atoms with Gasteiger partial charge in [-0.1, -0.05) is 35.3 Å². The topological polar surface area (TPSA) is 105 Å². The van der Waals surface area contributed by atoms with Crippen LogP contribution in [0.25, 0.3) is 21.9 Å². The zero-order valence-electron chi connectivity index (χ0n) is 17.6. The molecule has 4 N–H and O–H groups in total. The Morgan fingerprint density at radius 2 is 1.79 bits per heavy atom. The molecule has 0 aliphatic rings. The Morgan fingerprint density at radius 1 is 1.06 bits per heavy atom. The second-order valence-corrected chi connectivity index (χ2v) is 8.42. The number of methoxy groups -OCH3 is 1. The SMILES string of the molecule is COc1cccc(CCn2c(N)c(-c3cc(Cl)cc(Cl)c3)c3ccc([NH+]([O-])O)cc3c2=O)c1. The molecule has 0 radical (unpaired) electrons. The summed E-state index contributed by atoms with van der Waals surface area (Å²) in [4.78, 5) is 13.4. The summed E-state index contributed by atoms with van der Waals surface area (Å²) < 4.78 is 6.73. The van der Waals surface area contributed by atoms with Crippen LogP contribution in [0.1, 0.15) is 5.56 Å². The Morgan fingerprint density at radius 3 is 2.45 bits per heavy atom. The average molecular weight is 486 g/mol. The van der Waals surface area contributed by atoms with Gasteiger partial charge in [0, 0.05) is 34.3 Å². The number of anilines is 1. The van der Waals surface area contributed by atoms with Crippen molar-refractivity contribution in [2.24, 2.45) is 0 Å². The van der Waals surface area contributed by atoms with Gasteiger partial charge in [-0.3, -0.25) is 9.36 Å². The molecule has 4 aromatic rings. The van der Waals surface area contributed by atoms with E-state index >= 15 is 0 Å². The molecular weight excluding hydrogens is 465 g/mol. The molecule has 1 atom stereocenters. The minimum absolute atomic E-state index is 0.0128. The van der Waals surface area contributed by atoms with E-state index in [0.29, 0.717) is 38.7 Å². The highest BCUT2D eigenvalue weighted by molar-refractivity contribution is 6.35. The number of nitrogen functional groups attached to an aromatic ring is 1. The number of hydrogen-bond donors (Lipinski definition) is 3. The molecule has 7 nitrogen and oxygen atoms in total. The summed E-state index contributed by atoms with van der Waals surface area (Å²) in [7, 11) is 1.59. The molecular formula is C24H21Cl2N3O4. The van der Waals surface area contributed by atoms with Crippen molar-refractivity contribution >= 4 is 45.5 Å². The largest absolute Gasteiger partial charge is 0.595 e. The lowest BCUT2D eigenvalue weighted by atomic mass is 9.98. The molecule has 1 aromatic heterocycles. The number of halogens is 2. The number of aromatic nitrogens is 1. The van der Waals surface area contributed by atoms with Gasteiger partial charge in [0.1, 0.15) is 11.6 Å². The van der Waals surface area contributed by atoms with Crippen molar-refractivity contribution < 1.29 is 15.2 Å². The number of nitrogens with two attached hydrogens (primary N) is 1. The van der Waals surface area contributed by atoms with E-state index in [-0.39, 0.29) is 29.0 Å². The second kappa shape index (κ2) is 9.43. The summed E-state index contributed by atoms with van der Waals surface area (Å²) >= 11 is 12.5. The molecule has 1 unspecified atom stereocenters. The summed E-state index contributed by atoms with van der Waals surface area (Å²) in [6.07, 6.45) is 0.515. The third-order valence-electron chi connectivity index (χ3n) is 5.47. The number of benzene rings is 3. The van der Waals surface area contributed by atoms with Crippen molar-refractivity contribution in [3.63, 3.8) is 0 Å². The van der Waals surface area contributed by atoms with Crippen LogP contribution in [0.4, 0.5) is 11.5 Å². The first-order valence-corrected chi connectivity index (χ1v) is 10.8. The van der Waals surface area contributed by atoms with E-state index in [9.17, 15) is 15.2 Å². The number of pyridine rings is 1. The molecule has 170 valence electrons. The molecule has 0 aliphatic carbocycles. The maximum absolute atomic E-state index is 13.4. The van der Waals surface area contributed by atoms with Gasteiger partial charge in [0.05, 0.1) is 12.5 Å². The molecule has 33 heavy (non-hydrogen) atoms. The molecule has 0 amide bonds. The monoisotopic (exact) mass is 485 g/mol. The van der Waals surface area contributed by atoms with Crippen LogP contribution in [0.15, 0.2) is 65.5 Å². The Hall–Kier alpha value is -3.07. The summed E-state index contributed by atoms with van der Waals surface area (Å²) in [5, 5.41) is 21.5. The Balaban J connectivity index is 1.92. The van der Waals surface area contributed by atoms with Gasteiger partial charge in [0.15, 0.2) is 5.69 Å². The molecule has 0 spiro atoms. The first-order valence-electron chi connectivity index (χ1n) is 10.1. The van der Waals surface area contributed by atoms with Gasteiger partial charge < -0.3 is 15.7 Å². The van der Waals surface area contributed by atoms with Crippen LogP contribution in [0.2, 0.25) is 10.0 Å². The molecule has 9 heteroatoms. The number of rotatable bonds is 6. The van der Waals surface area contributed by atoms with Crippen LogP contribution in [0, 0.1) is 5.21 Å². The standard InChI is InChI=1S/C24H21Cl2N3O4/c1-33-19-4-2-3-14(9-19)7-8-28-23(27)22(15-10-16(25)12-17(26)11-15)20-6-5-18(29(31)32)13-21(20)24(28)30/h2-6,9-13,29,31H,7-8,27H2,1H3. The number of ether oxygens (including phenoxy) is 1. The van der Waals surface area contributed by atoms with E-state index in [1.165, 1.54) is 16.7 Å². The van der Waals surface area contributed by atoms with Crippen LogP contribution in [-0.4, -0.2) is 16.9 Å². The highest BCUT2D eigenvalue weighted by atomic mass is 35.5. The normalized spacial score (nSPS) is 12.2. The van der Waals surface area contributed by atoms with Crippen LogP contribution < -0.4 is 21.3 Å². The van der Waals surface area contributed by atoms with Crippen LogP contribution in [0.3, 0.4) is 0 Å². The molecule has 1 heterocycles. The first kappa shape index (κ1) is 23.1. The van der Waals surface area contributed by atoms with E-state index in [2.05, 4.69) is 0 Å². The van der Waals surface area contributed by atoms with Crippen molar-refractivity contribution in [1.29, 1.82) is 0 Å². The second-order valence-electron chi connectivity index (χ2n) is 7.54. The number of nitrogens with zero attached hydrogens (tertiary/aromatic N) is 1. The van der Waals surface area contributed by atoms with Gasteiger partial charge in [-0.2, -0.15) is 5.23 Å². The fraction of sp³-hybridized carbons (Fsp3) is 0.125. The van der Waals surface area contributed by atoms with Gasteiger partial charge in [0.2, 0.25) is 0 Å². The van der Waals surface area contributed by atoms with Gasteiger partial charge in [0.25, 0.3) is 5.56 Å². The Bertz CT molecular complexity index is 1380.